The molecule has 162 valence electrons. The molecule has 0 radical (unpaired) electrons. The number of fused-ring (bicyclic) bond motifs is 1. The van der Waals surface area contributed by atoms with Gasteiger partial charge in [0, 0.05) is 10.6 Å². The van der Waals surface area contributed by atoms with Gasteiger partial charge in [0.25, 0.3) is 11.8 Å². The van der Waals surface area contributed by atoms with Crippen LogP contribution in [0.4, 0.5) is 0 Å². The largest absolute Gasteiger partial charge is 0.489 e. The van der Waals surface area contributed by atoms with Crippen LogP contribution >= 0.6 is 11.6 Å². The van der Waals surface area contributed by atoms with E-state index in [4.69, 9.17) is 20.8 Å². The number of hydrogen-bond acceptors (Lipinski definition) is 5. The van der Waals surface area contributed by atoms with Crippen molar-refractivity contribution in [1.82, 2.24) is 15.4 Å². The summed E-state index contributed by atoms with van der Waals surface area (Å²) in [5.74, 6) is -1.03. The quantitative estimate of drug-likeness (QED) is 0.438. The zero-order valence-corrected chi connectivity index (χ0v) is 17.5. The zero-order chi connectivity index (χ0) is 22.5. The molecule has 0 saturated carbocycles. The lowest BCUT2D eigenvalue weighted by atomic mass is 10.1. The smallest absolute Gasteiger partial charge is 0.420 e. The molecule has 32 heavy (non-hydrogen) atoms. The van der Waals surface area contributed by atoms with Crippen LogP contribution in [0.3, 0.4) is 0 Å². The van der Waals surface area contributed by atoms with E-state index in [9.17, 15) is 14.4 Å². The van der Waals surface area contributed by atoms with Gasteiger partial charge in [-0.05, 0) is 54.1 Å². The van der Waals surface area contributed by atoms with E-state index in [0.717, 1.165) is 5.56 Å². The van der Waals surface area contributed by atoms with Crippen LogP contribution in [0.5, 0.6) is 5.75 Å². The van der Waals surface area contributed by atoms with Crippen LogP contribution in [0.1, 0.15) is 15.9 Å². The van der Waals surface area contributed by atoms with Crippen molar-refractivity contribution in [2.75, 3.05) is 0 Å². The number of hydrazine groups is 1. The fourth-order valence-electron chi connectivity index (χ4n) is 3.00. The molecule has 0 atom stereocenters. The monoisotopic (exact) mass is 451 g/mol. The summed E-state index contributed by atoms with van der Waals surface area (Å²) in [7, 11) is 0. The van der Waals surface area contributed by atoms with Gasteiger partial charge in [-0.15, -0.1) is 0 Å². The molecule has 1 aromatic heterocycles. The molecule has 4 aromatic rings. The highest BCUT2D eigenvalue weighted by Gasteiger charge is 2.13. The highest BCUT2D eigenvalue weighted by molar-refractivity contribution is 6.30. The zero-order valence-electron chi connectivity index (χ0n) is 16.7. The standard InChI is InChI=1S/C23H18ClN3O5/c24-17-9-11-18(12-10-17)31-14-15-5-7-16(8-6-15)22(29)26-25-21(28)13-27-19-3-1-2-4-20(19)32-23(27)30/h1-12H,13-14H2,(H,25,28)(H,26,29). The minimum absolute atomic E-state index is 0.295. The average molecular weight is 452 g/mol. The molecule has 2 N–H and O–H groups in total. The van der Waals surface area contributed by atoms with E-state index in [1.807, 2.05) is 0 Å². The number of halogens is 1. The maximum atomic E-state index is 12.3. The van der Waals surface area contributed by atoms with Gasteiger partial charge in [-0.25, -0.2) is 4.79 Å². The lowest BCUT2D eigenvalue weighted by Crippen LogP contribution is -2.43. The van der Waals surface area contributed by atoms with Gasteiger partial charge < -0.3 is 9.15 Å². The molecule has 2 amide bonds. The van der Waals surface area contributed by atoms with Gasteiger partial charge in [0.2, 0.25) is 0 Å². The molecule has 4 rings (SSSR count). The second-order valence-electron chi connectivity index (χ2n) is 6.86. The van der Waals surface area contributed by atoms with Crippen molar-refractivity contribution in [1.29, 1.82) is 0 Å². The predicted octanol–water partition coefficient (Wildman–Crippen LogP) is 3.29. The Hall–Kier alpha value is -4.04. The Morgan fingerprint density at radius 3 is 2.41 bits per heavy atom. The second kappa shape index (κ2) is 9.40. The topological polar surface area (TPSA) is 103 Å². The lowest BCUT2D eigenvalue weighted by molar-refractivity contribution is -0.122. The lowest BCUT2D eigenvalue weighted by Gasteiger charge is -2.09. The van der Waals surface area contributed by atoms with Crippen LogP contribution in [0.15, 0.2) is 82.0 Å². The van der Waals surface area contributed by atoms with Gasteiger partial charge >= 0.3 is 5.76 Å². The first-order valence-electron chi connectivity index (χ1n) is 9.64. The van der Waals surface area contributed by atoms with Gasteiger partial charge in [0.15, 0.2) is 5.58 Å². The molecule has 0 aliphatic carbocycles. The normalized spacial score (nSPS) is 10.7. The molecular formula is C23H18ClN3O5. The van der Waals surface area contributed by atoms with Gasteiger partial charge in [-0.3, -0.25) is 25.0 Å². The van der Waals surface area contributed by atoms with Crippen molar-refractivity contribution in [3.05, 3.63) is 99.5 Å². The Kier molecular flexibility index (Phi) is 6.23. The first-order valence-corrected chi connectivity index (χ1v) is 10.0. The van der Waals surface area contributed by atoms with Crippen molar-refractivity contribution in [2.24, 2.45) is 0 Å². The predicted molar refractivity (Wildman–Crippen MR) is 118 cm³/mol. The first-order chi connectivity index (χ1) is 15.5. The Morgan fingerprint density at radius 2 is 1.66 bits per heavy atom. The second-order valence-corrected chi connectivity index (χ2v) is 7.30. The van der Waals surface area contributed by atoms with E-state index in [2.05, 4.69) is 10.9 Å². The third kappa shape index (κ3) is 4.98. The number of carbonyl (C=O) groups excluding carboxylic acids is 2. The highest BCUT2D eigenvalue weighted by Crippen LogP contribution is 2.17. The van der Waals surface area contributed by atoms with E-state index in [-0.39, 0.29) is 6.54 Å². The summed E-state index contributed by atoms with van der Waals surface area (Å²) in [6.07, 6.45) is 0. The molecule has 0 spiro atoms. The summed E-state index contributed by atoms with van der Waals surface area (Å²) >= 11 is 5.85. The van der Waals surface area contributed by atoms with E-state index in [0.29, 0.717) is 34.0 Å². The number of ether oxygens (including phenoxy) is 1. The molecule has 0 fully saturated rings. The molecule has 1 heterocycles. The molecule has 0 aliphatic rings. The fourth-order valence-corrected chi connectivity index (χ4v) is 3.12. The molecule has 9 heteroatoms. The summed E-state index contributed by atoms with van der Waals surface area (Å²) in [6.45, 7) is 0.0325. The number of hydrogen-bond donors (Lipinski definition) is 2. The summed E-state index contributed by atoms with van der Waals surface area (Å²) in [4.78, 5) is 36.4. The third-order valence-corrected chi connectivity index (χ3v) is 4.88. The van der Waals surface area contributed by atoms with Crippen LogP contribution in [0.25, 0.3) is 11.1 Å². The van der Waals surface area contributed by atoms with Crippen LogP contribution < -0.4 is 21.3 Å². The van der Waals surface area contributed by atoms with E-state index < -0.39 is 17.6 Å². The number of benzene rings is 3. The van der Waals surface area contributed by atoms with Crippen molar-refractivity contribution in [2.45, 2.75) is 13.2 Å². The van der Waals surface area contributed by atoms with Crippen LogP contribution in [-0.4, -0.2) is 16.4 Å². The summed E-state index contributed by atoms with van der Waals surface area (Å²) in [5, 5.41) is 0.630. The molecule has 0 saturated heterocycles. The molecular weight excluding hydrogens is 434 g/mol. The van der Waals surface area contributed by atoms with Gasteiger partial charge in [-0.1, -0.05) is 35.9 Å². The molecule has 0 bridgehead atoms. The van der Waals surface area contributed by atoms with Crippen molar-refractivity contribution in [3.8, 4) is 5.75 Å². The number of aromatic nitrogens is 1. The average Bonchev–Trinajstić information content (AvgIpc) is 3.12. The Bertz CT molecular complexity index is 1310. The van der Waals surface area contributed by atoms with Gasteiger partial charge in [-0.2, -0.15) is 0 Å². The summed E-state index contributed by atoms with van der Waals surface area (Å²) in [5.41, 5.74) is 6.73. The van der Waals surface area contributed by atoms with E-state index >= 15 is 0 Å². The maximum Gasteiger partial charge on any atom is 0.420 e. The molecule has 8 nitrogen and oxygen atoms in total. The third-order valence-electron chi connectivity index (χ3n) is 4.63. The molecule has 0 aliphatic heterocycles. The number of nitrogens with one attached hydrogen (secondary N) is 2. The Labute approximate surface area is 187 Å². The van der Waals surface area contributed by atoms with Gasteiger partial charge in [0.1, 0.15) is 18.9 Å². The first kappa shape index (κ1) is 21.2. The summed E-state index contributed by atoms with van der Waals surface area (Å²) < 4.78 is 11.9. The SMILES string of the molecule is O=C(Cn1c(=O)oc2ccccc21)NNC(=O)c1ccc(COc2ccc(Cl)cc2)cc1. The van der Waals surface area contributed by atoms with Crippen LogP contribution in [0.2, 0.25) is 5.02 Å². The number of nitrogens with zero attached hydrogens (tertiary/aromatic N) is 1. The minimum atomic E-state index is -0.649. The fraction of sp³-hybridized carbons (Fsp3) is 0.0870. The number of rotatable bonds is 6. The Morgan fingerprint density at radius 1 is 0.938 bits per heavy atom. The minimum Gasteiger partial charge on any atom is -0.489 e. The van der Waals surface area contributed by atoms with Gasteiger partial charge in [0.05, 0.1) is 5.52 Å². The Balaban J connectivity index is 1.29. The summed E-state index contributed by atoms with van der Waals surface area (Å²) in [6, 6.07) is 20.5. The highest BCUT2D eigenvalue weighted by atomic mass is 35.5. The number of oxazole rings is 1. The number of carbonyl (C=O) groups is 2. The van der Waals surface area contributed by atoms with E-state index in [1.54, 1.807) is 72.8 Å². The molecule has 3 aromatic carbocycles. The van der Waals surface area contributed by atoms with Crippen molar-refractivity contribution in [3.63, 3.8) is 0 Å². The maximum absolute atomic E-state index is 12.3. The van der Waals surface area contributed by atoms with Crippen molar-refractivity contribution < 1.29 is 18.7 Å². The van der Waals surface area contributed by atoms with E-state index in [1.165, 1.54) is 4.57 Å². The number of para-hydroxylation sites is 2. The number of amides is 2. The molecule has 0 unspecified atom stereocenters. The van der Waals surface area contributed by atoms with Crippen LogP contribution in [0, 0.1) is 0 Å². The van der Waals surface area contributed by atoms with Crippen molar-refractivity contribution >= 4 is 34.5 Å². The van der Waals surface area contributed by atoms with Crippen LogP contribution in [-0.2, 0) is 17.9 Å².